The third-order valence-electron chi connectivity index (χ3n) is 4.05. The molecule has 0 aliphatic heterocycles. The standard InChI is InChI=1S/C19H23NO6/c1-4-5-6-15(19(23)24)20-18(22)12(3)25-13-7-8-14-11(2)9-17(21)26-16(14)10-13/h7-10,12,15H,4-6H2,1-3H3,(H,20,22)(H,23,24)/p-1/t12-,15+/m0/s1. The number of aryl methyl sites for hydroxylation is 1. The molecule has 1 heterocycles. The second-order valence-electron chi connectivity index (χ2n) is 6.19. The molecule has 26 heavy (non-hydrogen) atoms. The van der Waals surface area contributed by atoms with E-state index in [2.05, 4.69) is 5.32 Å². The van der Waals surface area contributed by atoms with E-state index in [1.165, 1.54) is 19.1 Å². The number of hydrogen-bond acceptors (Lipinski definition) is 6. The molecule has 0 bridgehead atoms. The third-order valence-corrected chi connectivity index (χ3v) is 4.05. The highest BCUT2D eigenvalue weighted by Gasteiger charge is 2.20. The summed E-state index contributed by atoms with van der Waals surface area (Å²) in [6.45, 7) is 5.24. The zero-order valence-corrected chi connectivity index (χ0v) is 15.0. The molecule has 1 amide bonds. The number of carboxylic acids is 1. The molecule has 2 aromatic rings. The Morgan fingerprint density at radius 3 is 2.69 bits per heavy atom. The fraction of sp³-hybridized carbons (Fsp3) is 0.421. The summed E-state index contributed by atoms with van der Waals surface area (Å²) < 4.78 is 10.7. The number of fused-ring (bicyclic) bond motifs is 1. The minimum atomic E-state index is -1.32. The Bertz CT molecular complexity index is 857. The van der Waals surface area contributed by atoms with E-state index in [1.807, 2.05) is 6.92 Å². The van der Waals surface area contributed by atoms with Crippen LogP contribution in [0.3, 0.4) is 0 Å². The lowest BCUT2D eigenvalue weighted by molar-refractivity contribution is -0.308. The van der Waals surface area contributed by atoms with Crippen molar-refractivity contribution in [3.8, 4) is 5.75 Å². The summed E-state index contributed by atoms with van der Waals surface area (Å²) in [5, 5.41) is 14.3. The number of carbonyl (C=O) groups excluding carboxylic acids is 2. The van der Waals surface area contributed by atoms with Crippen LogP contribution in [0.1, 0.15) is 38.7 Å². The van der Waals surface area contributed by atoms with E-state index in [-0.39, 0.29) is 0 Å². The van der Waals surface area contributed by atoms with Crippen LogP contribution in [-0.4, -0.2) is 24.0 Å². The maximum atomic E-state index is 12.2. The molecule has 140 valence electrons. The van der Waals surface area contributed by atoms with E-state index in [4.69, 9.17) is 9.15 Å². The van der Waals surface area contributed by atoms with Gasteiger partial charge in [-0.3, -0.25) is 4.79 Å². The predicted molar refractivity (Wildman–Crippen MR) is 93.8 cm³/mol. The molecule has 0 aliphatic rings. The van der Waals surface area contributed by atoms with Crippen molar-refractivity contribution in [1.29, 1.82) is 0 Å². The van der Waals surface area contributed by atoms with Gasteiger partial charge in [0.15, 0.2) is 6.10 Å². The molecule has 0 unspecified atom stereocenters. The van der Waals surface area contributed by atoms with Crippen molar-refractivity contribution in [2.75, 3.05) is 0 Å². The Morgan fingerprint density at radius 1 is 1.31 bits per heavy atom. The molecule has 7 nitrogen and oxygen atoms in total. The van der Waals surface area contributed by atoms with E-state index in [0.717, 1.165) is 17.4 Å². The second kappa shape index (κ2) is 8.51. The molecule has 0 saturated carbocycles. The first-order valence-corrected chi connectivity index (χ1v) is 8.54. The first-order valence-electron chi connectivity index (χ1n) is 8.54. The Kier molecular flexibility index (Phi) is 6.38. The molecule has 0 radical (unpaired) electrons. The quantitative estimate of drug-likeness (QED) is 0.711. The van der Waals surface area contributed by atoms with Crippen LogP contribution in [0, 0.1) is 6.92 Å². The molecule has 2 atom stereocenters. The minimum absolute atomic E-state index is 0.303. The fourth-order valence-corrected chi connectivity index (χ4v) is 2.58. The van der Waals surface area contributed by atoms with E-state index in [9.17, 15) is 19.5 Å². The smallest absolute Gasteiger partial charge is 0.336 e. The van der Waals surface area contributed by atoms with Gasteiger partial charge in [-0.2, -0.15) is 0 Å². The largest absolute Gasteiger partial charge is 0.548 e. The van der Waals surface area contributed by atoms with E-state index in [1.54, 1.807) is 19.1 Å². The molecule has 0 aliphatic carbocycles. The maximum absolute atomic E-state index is 12.2. The van der Waals surface area contributed by atoms with Gasteiger partial charge in [0, 0.05) is 17.5 Å². The van der Waals surface area contributed by atoms with Crippen LogP contribution < -0.4 is 20.8 Å². The number of nitrogens with one attached hydrogen (secondary N) is 1. The first kappa shape index (κ1) is 19.5. The number of unbranched alkanes of at least 4 members (excludes halogenated alkanes) is 1. The van der Waals surface area contributed by atoms with Gasteiger partial charge in [0.05, 0.1) is 12.0 Å². The zero-order valence-electron chi connectivity index (χ0n) is 15.0. The molecule has 0 saturated heterocycles. The van der Waals surface area contributed by atoms with Gasteiger partial charge in [-0.15, -0.1) is 0 Å². The predicted octanol–water partition coefficient (Wildman–Crippen LogP) is 1.29. The Balaban J connectivity index is 2.09. The van der Waals surface area contributed by atoms with Crippen molar-refractivity contribution < 1.29 is 23.8 Å². The molecule has 7 heteroatoms. The van der Waals surface area contributed by atoms with E-state index in [0.29, 0.717) is 24.2 Å². The van der Waals surface area contributed by atoms with Gasteiger partial charge in [0.25, 0.3) is 5.91 Å². The Labute approximate surface area is 151 Å². The second-order valence-corrected chi connectivity index (χ2v) is 6.19. The summed E-state index contributed by atoms with van der Waals surface area (Å²) in [7, 11) is 0. The van der Waals surface area contributed by atoms with Gasteiger partial charge < -0.3 is 24.4 Å². The van der Waals surface area contributed by atoms with Crippen molar-refractivity contribution in [2.45, 2.75) is 52.2 Å². The molecule has 1 aromatic heterocycles. The lowest BCUT2D eigenvalue weighted by atomic mass is 10.1. The molecule has 2 rings (SSSR count). The van der Waals surface area contributed by atoms with Gasteiger partial charge in [-0.25, -0.2) is 4.79 Å². The van der Waals surface area contributed by atoms with Gasteiger partial charge in [0.1, 0.15) is 11.3 Å². The van der Waals surface area contributed by atoms with Crippen molar-refractivity contribution in [3.05, 3.63) is 40.2 Å². The number of carboxylic acid groups (broad SMARTS) is 1. The normalized spacial score (nSPS) is 13.2. The summed E-state index contributed by atoms with van der Waals surface area (Å²) >= 11 is 0. The number of aliphatic carboxylic acids is 1. The van der Waals surface area contributed by atoms with E-state index < -0.39 is 29.6 Å². The first-order chi connectivity index (χ1) is 12.3. The maximum Gasteiger partial charge on any atom is 0.336 e. The summed E-state index contributed by atoms with van der Waals surface area (Å²) in [6, 6.07) is 5.27. The van der Waals surface area contributed by atoms with Crippen molar-refractivity contribution in [2.24, 2.45) is 0 Å². The molecule has 0 spiro atoms. The number of benzene rings is 1. The molecule has 0 fully saturated rings. The van der Waals surface area contributed by atoms with Crippen LogP contribution in [0.2, 0.25) is 0 Å². The van der Waals surface area contributed by atoms with Gasteiger partial charge in [0.2, 0.25) is 0 Å². The highest BCUT2D eigenvalue weighted by molar-refractivity contribution is 5.86. The lowest BCUT2D eigenvalue weighted by Crippen LogP contribution is -2.51. The number of ether oxygens (including phenoxy) is 1. The lowest BCUT2D eigenvalue weighted by Gasteiger charge is -2.22. The summed E-state index contributed by atoms with van der Waals surface area (Å²) in [6.07, 6.45) is 0.856. The van der Waals surface area contributed by atoms with Crippen LogP contribution in [-0.2, 0) is 9.59 Å². The average Bonchev–Trinajstić information content (AvgIpc) is 2.57. The van der Waals surface area contributed by atoms with Crippen molar-refractivity contribution >= 4 is 22.8 Å². The molecule has 1 aromatic carbocycles. The van der Waals surface area contributed by atoms with Crippen LogP contribution >= 0.6 is 0 Å². The number of hydrogen-bond donors (Lipinski definition) is 1. The SMILES string of the molecule is CCCC[C@@H](NC(=O)[C@H](C)Oc1ccc2c(C)cc(=O)oc2c1)C(=O)[O-]. The summed E-state index contributed by atoms with van der Waals surface area (Å²) in [4.78, 5) is 34.8. The fourth-order valence-electron chi connectivity index (χ4n) is 2.58. The van der Waals surface area contributed by atoms with Crippen LogP contribution in [0.15, 0.2) is 33.5 Å². The zero-order chi connectivity index (χ0) is 19.3. The van der Waals surface area contributed by atoms with E-state index >= 15 is 0 Å². The number of amides is 1. The van der Waals surface area contributed by atoms with Gasteiger partial charge >= 0.3 is 5.63 Å². The molecular formula is C19H22NO6-. The molecular weight excluding hydrogens is 338 g/mol. The van der Waals surface area contributed by atoms with Crippen molar-refractivity contribution in [3.63, 3.8) is 0 Å². The number of rotatable bonds is 8. The van der Waals surface area contributed by atoms with Gasteiger partial charge in [-0.05, 0) is 38.0 Å². The average molecular weight is 360 g/mol. The minimum Gasteiger partial charge on any atom is -0.548 e. The highest BCUT2D eigenvalue weighted by atomic mass is 16.5. The topological polar surface area (TPSA) is 109 Å². The van der Waals surface area contributed by atoms with Crippen LogP contribution in [0.4, 0.5) is 0 Å². The molecule has 1 N–H and O–H groups in total. The van der Waals surface area contributed by atoms with Crippen LogP contribution in [0.25, 0.3) is 11.0 Å². The van der Waals surface area contributed by atoms with Gasteiger partial charge in [-0.1, -0.05) is 19.8 Å². The van der Waals surface area contributed by atoms with Crippen LogP contribution in [0.5, 0.6) is 5.75 Å². The third kappa shape index (κ3) is 4.84. The number of carbonyl (C=O) groups is 2. The monoisotopic (exact) mass is 360 g/mol. The summed E-state index contributed by atoms with van der Waals surface area (Å²) in [5.41, 5.74) is 0.669. The Morgan fingerprint density at radius 2 is 2.04 bits per heavy atom. The Hall–Kier alpha value is -2.83. The highest BCUT2D eigenvalue weighted by Crippen LogP contribution is 2.23. The summed E-state index contributed by atoms with van der Waals surface area (Å²) in [5.74, 6) is -1.53. The van der Waals surface area contributed by atoms with Crippen molar-refractivity contribution in [1.82, 2.24) is 5.32 Å².